The molecule has 1 aromatic heterocycles. The number of likely N-dealkylation sites (tertiary alicyclic amines) is 1. The van der Waals surface area contributed by atoms with Gasteiger partial charge in [0.2, 0.25) is 5.91 Å². The first kappa shape index (κ1) is 22.5. The van der Waals surface area contributed by atoms with E-state index in [0.29, 0.717) is 36.6 Å². The van der Waals surface area contributed by atoms with Crippen molar-refractivity contribution in [3.05, 3.63) is 56.9 Å². The zero-order valence-electron chi connectivity index (χ0n) is 18.4. The van der Waals surface area contributed by atoms with Crippen LogP contribution < -0.4 is 5.32 Å². The Morgan fingerprint density at radius 2 is 1.81 bits per heavy atom. The van der Waals surface area contributed by atoms with Crippen molar-refractivity contribution in [3.63, 3.8) is 0 Å². The minimum atomic E-state index is -0.412. The lowest BCUT2D eigenvalue weighted by Gasteiger charge is -2.33. The second-order valence-electron chi connectivity index (χ2n) is 8.36. The molecule has 0 radical (unpaired) electrons. The number of benzene rings is 1. The molecule has 3 rings (SSSR count). The van der Waals surface area contributed by atoms with E-state index in [2.05, 4.69) is 10.4 Å². The van der Waals surface area contributed by atoms with E-state index in [1.54, 1.807) is 30.7 Å². The Morgan fingerprint density at radius 1 is 1.19 bits per heavy atom. The molecule has 0 spiro atoms. The highest BCUT2D eigenvalue weighted by Crippen LogP contribution is 2.22. The largest absolute Gasteiger partial charge is 0.349 e. The number of rotatable bonds is 6. The van der Waals surface area contributed by atoms with Crippen LogP contribution in [0.5, 0.6) is 0 Å². The SMILES string of the molecule is Cc1nn(Cc2ccc(C(=O)NC3CCN(C(=O)C(C)C)CC3)cc2)c(C)c1[N+](=O)[O-]. The molecule has 1 aliphatic rings. The van der Waals surface area contributed by atoms with Crippen LogP contribution in [0, 0.1) is 29.9 Å². The first-order valence-electron chi connectivity index (χ1n) is 10.5. The lowest BCUT2D eigenvalue weighted by Crippen LogP contribution is -2.47. The van der Waals surface area contributed by atoms with Crippen LogP contribution >= 0.6 is 0 Å². The van der Waals surface area contributed by atoms with Gasteiger partial charge in [0.1, 0.15) is 11.4 Å². The van der Waals surface area contributed by atoms with Crippen LogP contribution in [0.1, 0.15) is 54.0 Å². The number of nitrogens with zero attached hydrogens (tertiary/aromatic N) is 4. The number of nitrogens with one attached hydrogen (secondary N) is 1. The van der Waals surface area contributed by atoms with Gasteiger partial charge in [-0.15, -0.1) is 0 Å². The van der Waals surface area contributed by atoms with Gasteiger partial charge in [-0.2, -0.15) is 5.10 Å². The monoisotopic (exact) mass is 427 g/mol. The molecule has 0 saturated carbocycles. The molecule has 1 N–H and O–H groups in total. The summed E-state index contributed by atoms with van der Waals surface area (Å²) in [6.45, 7) is 8.82. The predicted molar refractivity (Wildman–Crippen MR) is 116 cm³/mol. The molecule has 0 unspecified atom stereocenters. The molecule has 31 heavy (non-hydrogen) atoms. The molecule has 166 valence electrons. The van der Waals surface area contributed by atoms with E-state index < -0.39 is 4.92 Å². The minimum Gasteiger partial charge on any atom is -0.349 e. The zero-order valence-corrected chi connectivity index (χ0v) is 18.4. The average Bonchev–Trinajstić information content (AvgIpc) is 3.01. The fourth-order valence-corrected chi connectivity index (χ4v) is 3.92. The lowest BCUT2D eigenvalue weighted by atomic mass is 10.0. The summed E-state index contributed by atoms with van der Waals surface area (Å²) in [7, 11) is 0. The third-order valence-corrected chi connectivity index (χ3v) is 5.71. The maximum atomic E-state index is 12.6. The number of hydrogen-bond acceptors (Lipinski definition) is 5. The standard InChI is InChI=1S/C22H29N5O4/c1-14(2)22(29)25-11-9-19(10-12-25)23-21(28)18-7-5-17(6-8-18)13-26-16(4)20(27(30)31)15(3)24-26/h5-8,14,19H,9-13H2,1-4H3,(H,23,28). The Kier molecular flexibility index (Phi) is 6.72. The molecule has 0 aliphatic carbocycles. The lowest BCUT2D eigenvalue weighted by molar-refractivity contribution is -0.386. The highest BCUT2D eigenvalue weighted by molar-refractivity contribution is 5.94. The maximum absolute atomic E-state index is 12.6. The van der Waals surface area contributed by atoms with E-state index in [4.69, 9.17) is 0 Å². The first-order chi connectivity index (χ1) is 14.7. The van der Waals surface area contributed by atoms with Gasteiger partial charge >= 0.3 is 5.69 Å². The van der Waals surface area contributed by atoms with Crippen LogP contribution in [0.2, 0.25) is 0 Å². The van der Waals surface area contributed by atoms with Crippen LogP contribution in [0.4, 0.5) is 5.69 Å². The van der Waals surface area contributed by atoms with Gasteiger partial charge in [0, 0.05) is 30.6 Å². The van der Waals surface area contributed by atoms with Gasteiger partial charge in [-0.05, 0) is 44.4 Å². The molecule has 1 saturated heterocycles. The Balaban J connectivity index is 1.57. The van der Waals surface area contributed by atoms with Crippen molar-refractivity contribution in [3.8, 4) is 0 Å². The molecule has 2 amide bonds. The Bertz CT molecular complexity index is 973. The first-order valence-corrected chi connectivity index (χ1v) is 10.5. The van der Waals surface area contributed by atoms with Crippen LogP contribution in [-0.2, 0) is 11.3 Å². The fourth-order valence-electron chi connectivity index (χ4n) is 3.92. The van der Waals surface area contributed by atoms with Crippen LogP contribution in [0.15, 0.2) is 24.3 Å². The molecule has 9 heteroatoms. The van der Waals surface area contributed by atoms with Crippen molar-refractivity contribution in [1.29, 1.82) is 0 Å². The number of hydrogen-bond donors (Lipinski definition) is 1. The fraction of sp³-hybridized carbons (Fsp3) is 0.500. The second-order valence-corrected chi connectivity index (χ2v) is 8.36. The van der Waals surface area contributed by atoms with Crippen LogP contribution in [0.3, 0.4) is 0 Å². The molecule has 2 aromatic rings. The topological polar surface area (TPSA) is 110 Å². The van der Waals surface area contributed by atoms with Gasteiger partial charge in [-0.1, -0.05) is 26.0 Å². The number of amides is 2. The number of piperidine rings is 1. The number of carbonyl (C=O) groups excluding carboxylic acids is 2. The molecular weight excluding hydrogens is 398 g/mol. The average molecular weight is 428 g/mol. The quantitative estimate of drug-likeness (QED) is 0.563. The van der Waals surface area contributed by atoms with Gasteiger partial charge in [-0.3, -0.25) is 24.4 Å². The van der Waals surface area contributed by atoms with Crippen molar-refractivity contribution in [1.82, 2.24) is 20.0 Å². The molecule has 0 atom stereocenters. The number of aromatic nitrogens is 2. The minimum absolute atomic E-state index is 0.00904. The highest BCUT2D eigenvalue weighted by Gasteiger charge is 2.25. The van der Waals surface area contributed by atoms with E-state index >= 15 is 0 Å². The van der Waals surface area contributed by atoms with E-state index in [9.17, 15) is 19.7 Å². The Labute approximate surface area is 181 Å². The third kappa shape index (κ3) is 5.10. The van der Waals surface area contributed by atoms with Gasteiger partial charge in [0.15, 0.2) is 0 Å². The summed E-state index contributed by atoms with van der Waals surface area (Å²) >= 11 is 0. The van der Waals surface area contributed by atoms with E-state index in [1.165, 1.54) is 0 Å². The van der Waals surface area contributed by atoms with E-state index in [-0.39, 0.29) is 29.5 Å². The number of nitro groups is 1. The summed E-state index contributed by atoms with van der Waals surface area (Å²) in [5.74, 6) is 0.0143. The van der Waals surface area contributed by atoms with Crippen molar-refractivity contribution < 1.29 is 14.5 Å². The summed E-state index contributed by atoms with van der Waals surface area (Å²) in [5, 5.41) is 18.5. The summed E-state index contributed by atoms with van der Waals surface area (Å²) in [6.07, 6.45) is 1.50. The van der Waals surface area contributed by atoms with Crippen LogP contribution in [0.25, 0.3) is 0 Å². The maximum Gasteiger partial charge on any atom is 0.312 e. The van der Waals surface area contributed by atoms with E-state index in [1.807, 2.05) is 30.9 Å². The summed E-state index contributed by atoms with van der Waals surface area (Å²) < 4.78 is 1.61. The van der Waals surface area contributed by atoms with Crippen molar-refractivity contribution in [2.24, 2.45) is 5.92 Å². The molecular formula is C22H29N5O4. The van der Waals surface area contributed by atoms with Gasteiger partial charge < -0.3 is 10.2 Å². The van der Waals surface area contributed by atoms with Gasteiger partial charge in [-0.25, -0.2) is 0 Å². The zero-order chi connectivity index (χ0) is 22.7. The molecule has 1 aliphatic heterocycles. The van der Waals surface area contributed by atoms with E-state index in [0.717, 1.165) is 18.4 Å². The molecule has 1 aromatic carbocycles. The molecule has 1 fully saturated rings. The molecule has 2 heterocycles. The molecule has 9 nitrogen and oxygen atoms in total. The normalized spacial score (nSPS) is 14.7. The van der Waals surface area contributed by atoms with Crippen molar-refractivity contribution in [2.45, 2.75) is 53.1 Å². The summed E-state index contributed by atoms with van der Waals surface area (Å²) in [4.78, 5) is 37.3. The number of aryl methyl sites for hydroxylation is 1. The van der Waals surface area contributed by atoms with Crippen LogP contribution in [-0.4, -0.2) is 50.5 Å². The number of carbonyl (C=O) groups is 2. The van der Waals surface area contributed by atoms with Gasteiger partial charge in [0.25, 0.3) is 5.91 Å². The Morgan fingerprint density at radius 3 is 2.32 bits per heavy atom. The third-order valence-electron chi connectivity index (χ3n) is 5.71. The highest BCUT2D eigenvalue weighted by atomic mass is 16.6. The molecule has 0 bridgehead atoms. The van der Waals surface area contributed by atoms with Crippen molar-refractivity contribution >= 4 is 17.5 Å². The summed E-state index contributed by atoms with van der Waals surface area (Å²) in [6, 6.07) is 7.23. The van der Waals surface area contributed by atoms with Gasteiger partial charge in [0.05, 0.1) is 11.5 Å². The Hall–Kier alpha value is -3.23. The van der Waals surface area contributed by atoms with Crippen molar-refractivity contribution in [2.75, 3.05) is 13.1 Å². The summed E-state index contributed by atoms with van der Waals surface area (Å²) in [5.41, 5.74) is 2.39. The smallest absolute Gasteiger partial charge is 0.312 e. The second kappa shape index (κ2) is 9.28. The predicted octanol–water partition coefficient (Wildman–Crippen LogP) is 2.83.